The first-order valence-corrected chi connectivity index (χ1v) is 11.3. The molecule has 0 amide bonds. The average molecular weight is 420 g/mol. The fraction of sp³-hybridized carbons (Fsp3) is 0.500. The first-order valence-electron chi connectivity index (χ1n) is 11.3. The second kappa shape index (κ2) is 8.85. The van der Waals surface area contributed by atoms with Gasteiger partial charge in [-0.15, -0.1) is 0 Å². The van der Waals surface area contributed by atoms with Crippen molar-refractivity contribution in [2.45, 2.75) is 38.1 Å². The van der Waals surface area contributed by atoms with Crippen LogP contribution in [0.4, 0.5) is 0 Å². The fourth-order valence-electron chi connectivity index (χ4n) is 4.96. The number of fused-ring (bicyclic) bond motifs is 1. The molecule has 0 radical (unpaired) electrons. The highest BCUT2D eigenvalue weighted by atomic mass is 16.3. The molecule has 0 spiro atoms. The second-order valence-electron chi connectivity index (χ2n) is 8.96. The van der Waals surface area contributed by atoms with Gasteiger partial charge in [0.15, 0.2) is 12.2 Å². The summed E-state index contributed by atoms with van der Waals surface area (Å²) in [5, 5.41) is 9.59. The van der Waals surface area contributed by atoms with E-state index in [1.165, 1.54) is 32.3 Å². The normalized spacial score (nSPS) is 19.8. The Bertz CT molecular complexity index is 1040. The van der Waals surface area contributed by atoms with E-state index >= 15 is 0 Å². The van der Waals surface area contributed by atoms with Crippen molar-refractivity contribution in [3.05, 3.63) is 42.5 Å². The van der Waals surface area contributed by atoms with Crippen LogP contribution in [0, 0.1) is 5.92 Å². The largest absolute Gasteiger partial charge is 0.444 e. The van der Waals surface area contributed by atoms with Crippen molar-refractivity contribution >= 4 is 16.7 Å². The van der Waals surface area contributed by atoms with E-state index in [1.807, 2.05) is 24.3 Å². The van der Waals surface area contributed by atoms with Gasteiger partial charge in [0.05, 0.1) is 23.8 Å². The summed E-state index contributed by atoms with van der Waals surface area (Å²) in [5.74, 6) is 1.15. The van der Waals surface area contributed by atoms with Crippen LogP contribution in [0.1, 0.15) is 31.4 Å². The number of carbonyl (C=O) groups excluding carboxylic acids is 1. The molecule has 0 bridgehead atoms. The highest BCUT2D eigenvalue weighted by molar-refractivity contribution is 5.86. The van der Waals surface area contributed by atoms with Crippen LogP contribution in [0.25, 0.3) is 22.2 Å². The number of piperidine rings is 2. The van der Waals surface area contributed by atoms with Crippen LogP contribution in [-0.4, -0.2) is 70.0 Å². The molecule has 7 heteroatoms. The van der Waals surface area contributed by atoms with Crippen LogP contribution in [0.3, 0.4) is 0 Å². The highest BCUT2D eigenvalue weighted by Crippen LogP contribution is 2.26. The Labute approximate surface area is 182 Å². The number of Topliss-reactive ketones (excluding diaryl/α,β-unsaturated/α-hetero) is 1. The Morgan fingerprint density at radius 1 is 1.06 bits per heavy atom. The molecule has 2 aliphatic rings. The van der Waals surface area contributed by atoms with E-state index in [-0.39, 0.29) is 5.92 Å². The highest BCUT2D eigenvalue weighted by Gasteiger charge is 2.30. The monoisotopic (exact) mass is 419 g/mol. The van der Waals surface area contributed by atoms with Crippen molar-refractivity contribution in [2.75, 3.05) is 33.2 Å². The van der Waals surface area contributed by atoms with Crippen LogP contribution >= 0.6 is 0 Å². The van der Waals surface area contributed by atoms with Gasteiger partial charge in [-0.05, 0) is 83.2 Å². The van der Waals surface area contributed by atoms with Crippen molar-refractivity contribution < 1.29 is 9.21 Å². The van der Waals surface area contributed by atoms with Gasteiger partial charge in [0.1, 0.15) is 5.78 Å². The number of aromatic nitrogens is 3. The lowest BCUT2D eigenvalue weighted by Crippen LogP contribution is -2.47. The van der Waals surface area contributed by atoms with Crippen LogP contribution in [0.5, 0.6) is 0 Å². The van der Waals surface area contributed by atoms with Crippen molar-refractivity contribution in [1.29, 1.82) is 0 Å². The third-order valence-electron chi connectivity index (χ3n) is 6.90. The van der Waals surface area contributed by atoms with E-state index in [2.05, 4.69) is 32.0 Å². The molecule has 0 saturated carbocycles. The molecule has 0 N–H and O–H groups in total. The van der Waals surface area contributed by atoms with E-state index in [0.717, 1.165) is 48.1 Å². The number of nitrogens with zero attached hydrogens (tertiary/aromatic N) is 5. The zero-order valence-corrected chi connectivity index (χ0v) is 18.0. The first kappa shape index (κ1) is 20.3. The molecule has 2 saturated heterocycles. The van der Waals surface area contributed by atoms with Gasteiger partial charge in [-0.25, -0.2) is 4.98 Å². The molecule has 1 aromatic carbocycles. The summed E-state index contributed by atoms with van der Waals surface area (Å²) >= 11 is 0. The van der Waals surface area contributed by atoms with E-state index in [4.69, 9.17) is 4.42 Å². The summed E-state index contributed by atoms with van der Waals surface area (Å²) in [4.78, 5) is 22.0. The summed E-state index contributed by atoms with van der Waals surface area (Å²) in [6.45, 7) is 4.44. The lowest BCUT2D eigenvalue weighted by Gasteiger charge is -2.40. The van der Waals surface area contributed by atoms with Crippen LogP contribution in [0.15, 0.2) is 41.3 Å². The minimum Gasteiger partial charge on any atom is -0.444 e. The number of hydrogen-bond acceptors (Lipinski definition) is 7. The molecule has 0 atom stereocenters. The maximum absolute atomic E-state index is 13.0. The number of ketones is 1. The maximum atomic E-state index is 13.0. The Hall–Kier alpha value is -2.64. The zero-order valence-electron chi connectivity index (χ0n) is 18.0. The van der Waals surface area contributed by atoms with Gasteiger partial charge in [-0.2, -0.15) is 10.2 Å². The molecular weight excluding hydrogens is 390 g/mol. The third-order valence-corrected chi connectivity index (χ3v) is 6.90. The van der Waals surface area contributed by atoms with Crippen molar-refractivity contribution in [3.63, 3.8) is 0 Å². The molecule has 3 aromatic rings. The van der Waals surface area contributed by atoms with Gasteiger partial charge in [-0.3, -0.25) is 4.79 Å². The average Bonchev–Trinajstić information content (AvgIpc) is 3.34. The van der Waals surface area contributed by atoms with Gasteiger partial charge in [0.25, 0.3) is 0 Å². The quantitative estimate of drug-likeness (QED) is 0.629. The molecule has 2 fully saturated rings. The first-order chi connectivity index (χ1) is 15.2. The minimum atomic E-state index is 0.139. The van der Waals surface area contributed by atoms with Crippen molar-refractivity contribution in [3.8, 4) is 11.3 Å². The minimum absolute atomic E-state index is 0.139. The van der Waals surface area contributed by atoms with Crippen molar-refractivity contribution in [1.82, 2.24) is 25.0 Å². The second-order valence-corrected chi connectivity index (χ2v) is 8.96. The molecular formula is C24H29N5O2. The van der Waals surface area contributed by atoms with Gasteiger partial charge >= 0.3 is 0 Å². The predicted octanol–water partition coefficient (Wildman–Crippen LogP) is 3.20. The molecule has 7 nitrogen and oxygen atoms in total. The molecule has 5 rings (SSSR count). The van der Waals surface area contributed by atoms with Crippen molar-refractivity contribution in [2.24, 2.45) is 5.92 Å². The van der Waals surface area contributed by atoms with Gasteiger partial charge < -0.3 is 14.2 Å². The Kier molecular flexibility index (Phi) is 5.78. The van der Waals surface area contributed by atoms with E-state index in [9.17, 15) is 4.79 Å². The third kappa shape index (κ3) is 4.52. The lowest BCUT2D eigenvalue weighted by molar-refractivity contribution is -0.124. The molecule has 2 aromatic heterocycles. The summed E-state index contributed by atoms with van der Waals surface area (Å²) < 4.78 is 5.39. The Morgan fingerprint density at radius 2 is 1.87 bits per heavy atom. The van der Waals surface area contributed by atoms with Gasteiger partial charge in [0.2, 0.25) is 0 Å². The molecule has 2 aliphatic heterocycles. The molecule has 162 valence electrons. The number of benzene rings is 1. The van der Waals surface area contributed by atoms with Gasteiger partial charge in [0, 0.05) is 22.9 Å². The number of rotatable bonds is 5. The number of hydrogen-bond donors (Lipinski definition) is 0. The molecule has 0 aliphatic carbocycles. The van der Waals surface area contributed by atoms with E-state index < -0.39 is 0 Å². The predicted molar refractivity (Wildman–Crippen MR) is 119 cm³/mol. The fourth-order valence-corrected chi connectivity index (χ4v) is 4.96. The van der Waals surface area contributed by atoms with E-state index in [0.29, 0.717) is 24.0 Å². The Balaban J connectivity index is 1.21. The van der Waals surface area contributed by atoms with Crippen LogP contribution in [0.2, 0.25) is 0 Å². The SMILES string of the molecule is CN1CCC(N2CCC(C(=O)Cc3cc4cc(-c5cnco5)ccc4nn3)CC2)CC1. The van der Waals surface area contributed by atoms with Gasteiger partial charge in [-0.1, -0.05) is 0 Å². The maximum Gasteiger partial charge on any atom is 0.181 e. The Morgan fingerprint density at radius 3 is 2.61 bits per heavy atom. The number of oxazole rings is 1. The van der Waals surface area contributed by atoms with Crippen LogP contribution in [-0.2, 0) is 11.2 Å². The topological polar surface area (TPSA) is 75.4 Å². The summed E-state index contributed by atoms with van der Waals surface area (Å²) in [5.41, 5.74) is 2.49. The summed E-state index contributed by atoms with van der Waals surface area (Å²) in [6, 6.07) is 8.55. The smallest absolute Gasteiger partial charge is 0.181 e. The molecule has 4 heterocycles. The standard InChI is InChI=1S/C24H29N5O2/c1-28-8-6-21(7-9-28)29-10-4-17(5-11-29)23(30)14-20-13-19-12-18(24-15-25-16-31-24)2-3-22(19)27-26-20/h2-3,12-13,15-17,21H,4-11,14H2,1H3. The zero-order chi connectivity index (χ0) is 21.2. The number of carbonyl (C=O) groups is 1. The lowest BCUT2D eigenvalue weighted by atomic mass is 9.88. The summed E-state index contributed by atoms with van der Waals surface area (Å²) in [7, 11) is 2.20. The van der Waals surface area contributed by atoms with E-state index in [1.54, 1.807) is 6.20 Å². The summed E-state index contributed by atoms with van der Waals surface area (Å²) in [6.07, 6.45) is 7.89. The number of likely N-dealkylation sites (tertiary alicyclic amines) is 2. The van der Waals surface area contributed by atoms with Crippen LogP contribution < -0.4 is 0 Å². The molecule has 0 unspecified atom stereocenters. The molecule has 31 heavy (non-hydrogen) atoms.